The molecule has 0 aliphatic rings. The number of hydrogen-bond donors (Lipinski definition) is 1. The maximum absolute atomic E-state index is 8.35. The molecule has 0 saturated carbocycles. The summed E-state index contributed by atoms with van der Waals surface area (Å²) in [5.41, 5.74) is 0. The van der Waals surface area contributed by atoms with Gasteiger partial charge in [0.2, 0.25) is 6.08 Å². The Morgan fingerprint density at radius 3 is 2.15 bits per heavy atom. The van der Waals surface area contributed by atoms with Crippen LogP contribution in [0.25, 0.3) is 0 Å². The van der Waals surface area contributed by atoms with E-state index in [0.717, 1.165) is 6.08 Å². The summed E-state index contributed by atoms with van der Waals surface area (Å²) in [6.07, 6.45) is 12.3. The number of rotatable bonds is 7. The van der Waals surface area contributed by atoms with Gasteiger partial charge in [0.25, 0.3) is 0 Å². The van der Waals surface area contributed by atoms with E-state index < -0.39 is 0 Å². The molecule has 0 aliphatic heterocycles. The fourth-order valence-corrected chi connectivity index (χ4v) is 1.07. The van der Waals surface area contributed by atoms with Crippen molar-refractivity contribution in [2.75, 3.05) is 0 Å². The molecule has 0 aliphatic carbocycles. The van der Waals surface area contributed by atoms with Crippen molar-refractivity contribution in [3.63, 3.8) is 0 Å². The van der Waals surface area contributed by atoms with E-state index in [0.29, 0.717) is 0 Å². The molecule has 0 spiro atoms. The van der Waals surface area contributed by atoms with Crippen LogP contribution in [0, 0.1) is 5.41 Å². The average molecular weight is 183 g/mol. The second kappa shape index (κ2) is 17.3. The lowest BCUT2D eigenvalue weighted by Crippen LogP contribution is -1.76. The Morgan fingerprint density at radius 2 is 1.69 bits per heavy atom. The van der Waals surface area contributed by atoms with E-state index in [9.17, 15) is 0 Å². The van der Waals surface area contributed by atoms with Gasteiger partial charge in [-0.3, -0.25) is 0 Å². The molecule has 0 bridgehead atoms. The van der Waals surface area contributed by atoms with Gasteiger partial charge in [0, 0.05) is 0 Å². The van der Waals surface area contributed by atoms with Crippen molar-refractivity contribution in [3.05, 3.63) is 12.7 Å². The van der Waals surface area contributed by atoms with Crippen LogP contribution in [0.5, 0.6) is 0 Å². The lowest BCUT2D eigenvalue weighted by Gasteiger charge is -1.96. The highest BCUT2D eigenvalue weighted by Gasteiger charge is 1.86. The highest BCUT2D eigenvalue weighted by Crippen LogP contribution is 2.06. The molecule has 0 atom stereocenters. The molecule has 2 nitrogen and oxygen atoms in total. The molecule has 0 fully saturated rings. The number of allylic oxidation sites excluding steroid dienone is 1. The van der Waals surface area contributed by atoms with Gasteiger partial charge in [0.1, 0.15) is 0 Å². The van der Waals surface area contributed by atoms with E-state index >= 15 is 0 Å². The second-order valence-electron chi connectivity index (χ2n) is 2.95. The molecule has 2 heteroatoms. The predicted octanol–water partition coefficient (Wildman–Crippen LogP) is 3.82. The SMILES string of the molecule is C=CCCCCCCCC.N=C=O. The van der Waals surface area contributed by atoms with Crippen LogP contribution in [0.15, 0.2) is 12.7 Å². The smallest absolute Gasteiger partial charge is 0.222 e. The molecule has 0 rings (SSSR count). The molecule has 13 heavy (non-hydrogen) atoms. The maximum atomic E-state index is 8.35. The van der Waals surface area contributed by atoms with E-state index in [1.807, 2.05) is 6.08 Å². The van der Waals surface area contributed by atoms with Crippen LogP contribution in [0.4, 0.5) is 0 Å². The van der Waals surface area contributed by atoms with Crippen LogP contribution >= 0.6 is 0 Å². The van der Waals surface area contributed by atoms with E-state index in [4.69, 9.17) is 10.2 Å². The summed E-state index contributed by atoms with van der Waals surface area (Å²) in [4.78, 5) is 8.35. The zero-order chi connectivity index (χ0) is 10.4. The largest absolute Gasteiger partial charge is 0.231 e. The predicted molar refractivity (Wildman–Crippen MR) is 56.6 cm³/mol. The minimum absolute atomic E-state index is 0.750. The minimum Gasteiger partial charge on any atom is -0.222 e. The monoisotopic (exact) mass is 183 g/mol. The maximum Gasteiger partial charge on any atom is 0.231 e. The Kier molecular flexibility index (Phi) is 19.4. The Labute approximate surface area is 81.6 Å². The number of isocyanates is 1. The van der Waals surface area contributed by atoms with Gasteiger partial charge >= 0.3 is 0 Å². The fraction of sp³-hybridized carbons (Fsp3) is 0.727. The molecule has 0 radical (unpaired) electrons. The zero-order valence-electron chi connectivity index (χ0n) is 8.64. The Bertz CT molecular complexity index is 126. The third-order valence-electron chi connectivity index (χ3n) is 1.76. The van der Waals surface area contributed by atoms with Gasteiger partial charge in [-0.05, 0) is 12.8 Å². The molecular weight excluding hydrogens is 162 g/mol. The third-order valence-corrected chi connectivity index (χ3v) is 1.76. The van der Waals surface area contributed by atoms with Crippen molar-refractivity contribution < 1.29 is 4.79 Å². The average Bonchev–Trinajstić information content (AvgIpc) is 2.13. The summed E-state index contributed by atoms with van der Waals surface area (Å²) in [6.45, 7) is 5.95. The van der Waals surface area contributed by atoms with Gasteiger partial charge < -0.3 is 0 Å². The third kappa shape index (κ3) is 24.7. The second-order valence-corrected chi connectivity index (χ2v) is 2.95. The van der Waals surface area contributed by atoms with Crippen LogP contribution in [0.2, 0.25) is 0 Å². The molecule has 0 heterocycles. The molecule has 0 aromatic heterocycles. The van der Waals surface area contributed by atoms with Crippen LogP contribution in [-0.4, -0.2) is 6.08 Å². The van der Waals surface area contributed by atoms with Gasteiger partial charge in [-0.1, -0.05) is 45.1 Å². The van der Waals surface area contributed by atoms with Gasteiger partial charge in [-0.2, -0.15) is 0 Å². The number of unbranched alkanes of at least 4 members (excludes halogenated alkanes) is 6. The summed E-state index contributed by atoms with van der Waals surface area (Å²) >= 11 is 0. The van der Waals surface area contributed by atoms with Crippen molar-refractivity contribution in [1.82, 2.24) is 0 Å². The first-order valence-corrected chi connectivity index (χ1v) is 4.98. The Balaban J connectivity index is 0. The van der Waals surface area contributed by atoms with E-state index in [1.54, 1.807) is 0 Å². The Hall–Kier alpha value is -0.880. The van der Waals surface area contributed by atoms with Crippen molar-refractivity contribution in [1.29, 1.82) is 5.41 Å². The lowest BCUT2D eigenvalue weighted by atomic mass is 10.1. The quantitative estimate of drug-likeness (QED) is 0.277. The molecule has 0 unspecified atom stereocenters. The van der Waals surface area contributed by atoms with Gasteiger partial charge in [-0.15, -0.1) is 6.58 Å². The molecule has 76 valence electrons. The fourth-order valence-electron chi connectivity index (χ4n) is 1.07. The summed E-state index contributed by atoms with van der Waals surface area (Å²) < 4.78 is 0. The van der Waals surface area contributed by atoms with Crippen LogP contribution in [-0.2, 0) is 4.79 Å². The molecule has 1 N–H and O–H groups in total. The van der Waals surface area contributed by atoms with Gasteiger partial charge in [0.05, 0.1) is 0 Å². The van der Waals surface area contributed by atoms with E-state index in [1.165, 1.54) is 44.9 Å². The molecular formula is C11H21NO. The standard InChI is InChI=1S/C10H20.CHNO/c1-3-5-7-9-10-8-6-4-2;2-1-3/h3H,1,4-10H2,2H3;2H. The Morgan fingerprint density at radius 1 is 1.23 bits per heavy atom. The highest BCUT2D eigenvalue weighted by atomic mass is 16.1. The van der Waals surface area contributed by atoms with E-state index in [2.05, 4.69) is 13.5 Å². The minimum atomic E-state index is 0.750. The van der Waals surface area contributed by atoms with Crippen molar-refractivity contribution in [2.24, 2.45) is 0 Å². The lowest BCUT2D eigenvalue weighted by molar-refractivity contribution is 0.563. The first-order chi connectivity index (χ1) is 6.33. The topological polar surface area (TPSA) is 40.9 Å². The van der Waals surface area contributed by atoms with Crippen LogP contribution in [0.1, 0.15) is 51.9 Å². The summed E-state index contributed by atoms with van der Waals surface area (Å²) in [7, 11) is 0. The van der Waals surface area contributed by atoms with Gasteiger partial charge in [-0.25, -0.2) is 10.2 Å². The van der Waals surface area contributed by atoms with Crippen LogP contribution < -0.4 is 0 Å². The van der Waals surface area contributed by atoms with Crippen molar-refractivity contribution >= 4 is 6.08 Å². The zero-order valence-corrected chi connectivity index (χ0v) is 8.64. The van der Waals surface area contributed by atoms with Crippen molar-refractivity contribution in [3.8, 4) is 0 Å². The number of carbonyl (C=O) groups excluding carboxylic acids is 1. The first-order valence-electron chi connectivity index (χ1n) is 4.98. The first kappa shape index (κ1) is 14.6. The molecule has 0 aromatic carbocycles. The highest BCUT2D eigenvalue weighted by molar-refractivity contribution is 5.26. The summed E-state index contributed by atoms with van der Waals surface area (Å²) in [5, 5.41) is 5.40. The van der Waals surface area contributed by atoms with Crippen LogP contribution in [0.3, 0.4) is 0 Å². The van der Waals surface area contributed by atoms with Crippen molar-refractivity contribution in [2.45, 2.75) is 51.9 Å². The summed E-state index contributed by atoms with van der Waals surface area (Å²) in [5.74, 6) is 0. The normalized spacial score (nSPS) is 8.08. The van der Waals surface area contributed by atoms with Gasteiger partial charge in [0.15, 0.2) is 0 Å². The number of hydrogen-bond acceptors (Lipinski definition) is 2. The molecule has 0 amide bonds. The molecule has 0 aromatic rings. The number of nitrogens with one attached hydrogen (secondary N) is 1. The van der Waals surface area contributed by atoms with E-state index in [-0.39, 0.29) is 0 Å². The summed E-state index contributed by atoms with van der Waals surface area (Å²) in [6, 6.07) is 0. The molecule has 0 saturated heterocycles.